The molecular formula is C54H97N2O6P. The minimum absolute atomic E-state index is 0.0214. The molecule has 3 unspecified atom stereocenters. The normalized spacial score (nSPS) is 14.8. The summed E-state index contributed by atoms with van der Waals surface area (Å²) in [6, 6.07) is -0.936. The molecule has 0 aliphatic heterocycles. The summed E-state index contributed by atoms with van der Waals surface area (Å²) in [4.78, 5) is 25.3. The van der Waals surface area contributed by atoms with Gasteiger partial charge in [-0.25, -0.2) is 0 Å². The molecule has 8 nitrogen and oxygen atoms in total. The predicted octanol–water partition coefficient (Wildman–Crippen LogP) is 14.3. The van der Waals surface area contributed by atoms with Gasteiger partial charge in [0.15, 0.2) is 0 Å². The zero-order chi connectivity index (χ0) is 46.4. The molecule has 0 aromatic carbocycles. The fourth-order valence-electron chi connectivity index (χ4n) is 6.82. The van der Waals surface area contributed by atoms with Gasteiger partial charge in [0.25, 0.3) is 7.82 Å². The van der Waals surface area contributed by atoms with Crippen LogP contribution in [0.5, 0.6) is 0 Å². The van der Waals surface area contributed by atoms with Crippen LogP contribution in [0.2, 0.25) is 0 Å². The average molecular weight is 901 g/mol. The molecule has 0 saturated carbocycles. The number of nitrogens with one attached hydrogen (secondary N) is 1. The number of amides is 1. The Morgan fingerprint density at radius 1 is 0.571 bits per heavy atom. The van der Waals surface area contributed by atoms with Crippen molar-refractivity contribution in [2.75, 3.05) is 40.9 Å². The number of carbonyl (C=O) groups excluding carboxylic acids is 1. The second-order valence-electron chi connectivity index (χ2n) is 18.1. The van der Waals surface area contributed by atoms with Gasteiger partial charge in [0.1, 0.15) is 13.2 Å². The second kappa shape index (κ2) is 44.9. The molecule has 0 radical (unpaired) electrons. The minimum Gasteiger partial charge on any atom is -0.756 e. The van der Waals surface area contributed by atoms with E-state index >= 15 is 0 Å². The van der Waals surface area contributed by atoms with Gasteiger partial charge in [-0.3, -0.25) is 9.36 Å². The molecule has 2 N–H and O–H groups in total. The average Bonchev–Trinajstić information content (AvgIpc) is 3.24. The summed E-state index contributed by atoms with van der Waals surface area (Å²) in [5.41, 5.74) is 0. The molecule has 0 spiro atoms. The first-order valence-corrected chi connectivity index (χ1v) is 26.9. The number of quaternary nitrogens is 1. The van der Waals surface area contributed by atoms with E-state index in [1.807, 2.05) is 27.2 Å². The van der Waals surface area contributed by atoms with Gasteiger partial charge in [-0.15, -0.1) is 0 Å². The Labute approximate surface area is 388 Å². The number of nitrogens with zero attached hydrogens (tertiary/aromatic N) is 1. The van der Waals surface area contributed by atoms with E-state index in [9.17, 15) is 19.4 Å². The van der Waals surface area contributed by atoms with Gasteiger partial charge in [-0.2, -0.15) is 0 Å². The largest absolute Gasteiger partial charge is 0.756 e. The second-order valence-corrected chi connectivity index (χ2v) is 19.5. The molecule has 364 valence electrons. The Bertz CT molecular complexity index is 1300. The van der Waals surface area contributed by atoms with Crippen molar-refractivity contribution in [2.24, 2.45) is 0 Å². The monoisotopic (exact) mass is 901 g/mol. The van der Waals surface area contributed by atoms with Gasteiger partial charge in [0.2, 0.25) is 5.91 Å². The first kappa shape index (κ1) is 60.7. The maximum absolute atomic E-state index is 12.9. The predicted molar refractivity (Wildman–Crippen MR) is 270 cm³/mol. The van der Waals surface area contributed by atoms with Crippen molar-refractivity contribution in [1.29, 1.82) is 0 Å². The molecule has 3 atom stereocenters. The maximum Gasteiger partial charge on any atom is 0.268 e. The van der Waals surface area contributed by atoms with E-state index in [4.69, 9.17) is 9.05 Å². The highest BCUT2D eigenvalue weighted by atomic mass is 31.2. The van der Waals surface area contributed by atoms with E-state index in [2.05, 4.69) is 92.1 Å². The molecular weight excluding hydrogens is 804 g/mol. The summed E-state index contributed by atoms with van der Waals surface area (Å²) in [5, 5.41) is 13.8. The summed E-state index contributed by atoms with van der Waals surface area (Å²) in [5.74, 6) is -0.255. The van der Waals surface area contributed by atoms with Crippen molar-refractivity contribution in [1.82, 2.24) is 5.32 Å². The number of aliphatic hydroxyl groups is 1. The van der Waals surface area contributed by atoms with Crippen LogP contribution >= 0.6 is 7.82 Å². The van der Waals surface area contributed by atoms with Crippen LogP contribution in [0, 0.1) is 0 Å². The van der Waals surface area contributed by atoms with Crippen LogP contribution in [-0.2, 0) is 18.4 Å². The molecule has 0 rings (SSSR count). The zero-order valence-electron chi connectivity index (χ0n) is 41.2. The number of hydrogen-bond acceptors (Lipinski definition) is 6. The summed E-state index contributed by atoms with van der Waals surface area (Å²) < 4.78 is 23.2. The molecule has 0 aromatic heterocycles. The van der Waals surface area contributed by atoms with Crippen LogP contribution < -0.4 is 10.2 Å². The van der Waals surface area contributed by atoms with E-state index in [1.54, 1.807) is 6.08 Å². The summed E-state index contributed by atoms with van der Waals surface area (Å²) in [7, 11) is 1.19. The Hall–Kier alpha value is -2.32. The van der Waals surface area contributed by atoms with E-state index in [0.29, 0.717) is 17.4 Å². The van der Waals surface area contributed by atoms with Crippen molar-refractivity contribution in [2.45, 2.75) is 212 Å². The lowest BCUT2D eigenvalue weighted by atomic mass is 10.0. The van der Waals surface area contributed by atoms with Crippen molar-refractivity contribution in [3.8, 4) is 0 Å². The zero-order valence-corrected chi connectivity index (χ0v) is 42.1. The summed E-state index contributed by atoms with van der Waals surface area (Å²) in [6.45, 7) is 4.46. The van der Waals surface area contributed by atoms with Crippen LogP contribution in [0.1, 0.15) is 200 Å². The van der Waals surface area contributed by atoms with E-state index in [-0.39, 0.29) is 18.9 Å². The maximum atomic E-state index is 12.9. The molecule has 1 amide bonds. The van der Waals surface area contributed by atoms with Gasteiger partial charge < -0.3 is 28.8 Å². The SMILES string of the molecule is CC/C=C\C/C=C\C/C=C\C/C=C\CCCCC(=O)NC(COP(=O)([O-])OCC[N+](C)(C)C)C(O)/C=C/CC/C=C/CC/C=C/CCCCCCCCCCCCCCCCCC. The first-order chi connectivity index (χ1) is 30.5. The Morgan fingerprint density at radius 2 is 0.984 bits per heavy atom. The molecule has 9 heteroatoms. The van der Waals surface area contributed by atoms with E-state index in [0.717, 1.165) is 64.2 Å². The Balaban J connectivity index is 4.41. The number of phosphoric acid groups is 1. The highest BCUT2D eigenvalue weighted by molar-refractivity contribution is 7.45. The van der Waals surface area contributed by atoms with Crippen LogP contribution in [0.15, 0.2) is 85.1 Å². The smallest absolute Gasteiger partial charge is 0.268 e. The third kappa shape index (κ3) is 47.5. The molecule has 0 fully saturated rings. The summed E-state index contributed by atoms with van der Waals surface area (Å²) >= 11 is 0. The molecule has 0 aromatic rings. The van der Waals surface area contributed by atoms with E-state index < -0.39 is 26.6 Å². The topological polar surface area (TPSA) is 108 Å². The molecule has 63 heavy (non-hydrogen) atoms. The van der Waals surface area contributed by atoms with Crippen molar-refractivity contribution in [3.63, 3.8) is 0 Å². The number of unbranched alkanes of at least 4 members (excludes halogenated alkanes) is 20. The molecule has 0 bridgehead atoms. The quantitative estimate of drug-likeness (QED) is 0.0273. The first-order valence-electron chi connectivity index (χ1n) is 25.4. The van der Waals surface area contributed by atoms with Crippen LogP contribution in [0.3, 0.4) is 0 Å². The van der Waals surface area contributed by atoms with Crippen molar-refractivity contribution in [3.05, 3.63) is 85.1 Å². The number of hydrogen-bond donors (Lipinski definition) is 2. The number of carbonyl (C=O) groups is 1. The Morgan fingerprint density at radius 3 is 1.48 bits per heavy atom. The number of allylic oxidation sites excluding steroid dienone is 13. The number of rotatable bonds is 45. The number of likely N-dealkylation sites (N-methyl/N-ethyl adjacent to an activating group) is 1. The number of aliphatic hydroxyl groups excluding tert-OH is 1. The standard InChI is InChI=1S/C54H97N2O6P/c1-6-8-10-12-14-16-18-20-22-23-24-25-26-27-28-29-30-31-32-34-35-37-39-41-43-45-47-53(57)52(51-62-63(59,60)61-50-49-56(3,4)5)55-54(58)48-46-44-42-40-38-36-33-21-19-17-15-13-11-9-7-2/h9,11,15,17,21,31-33,37-40,45,47,52-53,57H,6-8,10,12-14,16,18-20,22-30,34-36,41-44,46,48-51H2,1-5H3,(H-,55,58,59,60)/b11-9-,17-15-,32-31+,33-21-,39-37+,40-38-,47-45+. The van der Waals surface area contributed by atoms with Gasteiger partial charge in [-0.1, -0.05) is 195 Å². The Kier molecular flexibility index (Phi) is 43.2. The van der Waals surface area contributed by atoms with Crippen molar-refractivity contribution >= 4 is 13.7 Å². The fraction of sp³-hybridized carbons (Fsp3) is 0.722. The van der Waals surface area contributed by atoms with Crippen molar-refractivity contribution < 1.29 is 32.9 Å². The van der Waals surface area contributed by atoms with Gasteiger partial charge >= 0.3 is 0 Å². The van der Waals surface area contributed by atoms with Gasteiger partial charge in [0.05, 0.1) is 39.9 Å². The van der Waals surface area contributed by atoms with Crippen LogP contribution in [0.4, 0.5) is 0 Å². The lowest BCUT2D eigenvalue weighted by Gasteiger charge is -2.29. The van der Waals surface area contributed by atoms with Gasteiger partial charge in [-0.05, 0) is 83.5 Å². The third-order valence-corrected chi connectivity index (χ3v) is 11.8. The fourth-order valence-corrected chi connectivity index (χ4v) is 7.54. The van der Waals surface area contributed by atoms with Gasteiger partial charge in [0, 0.05) is 6.42 Å². The highest BCUT2D eigenvalue weighted by Gasteiger charge is 2.23. The van der Waals surface area contributed by atoms with E-state index in [1.165, 1.54) is 109 Å². The summed E-state index contributed by atoms with van der Waals surface area (Å²) in [6.07, 6.45) is 62.4. The molecule has 0 saturated heterocycles. The molecule has 0 aliphatic rings. The number of phosphoric ester groups is 1. The lowest BCUT2D eigenvalue weighted by Crippen LogP contribution is -2.45. The van der Waals surface area contributed by atoms with Crippen LogP contribution in [0.25, 0.3) is 0 Å². The third-order valence-electron chi connectivity index (χ3n) is 10.8. The van der Waals surface area contributed by atoms with Crippen LogP contribution in [-0.4, -0.2) is 68.5 Å². The molecule has 0 aliphatic carbocycles. The highest BCUT2D eigenvalue weighted by Crippen LogP contribution is 2.38. The minimum atomic E-state index is -4.62. The molecule has 0 heterocycles. The lowest BCUT2D eigenvalue weighted by molar-refractivity contribution is -0.870.